The van der Waals surface area contributed by atoms with Gasteiger partial charge in [0, 0.05) is 18.2 Å². The van der Waals surface area contributed by atoms with Gasteiger partial charge in [-0.15, -0.1) is 0 Å². The number of aromatic nitrogens is 2. The fraction of sp³-hybridized carbons (Fsp3) is 0.478. The average Bonchev–Trinajstić information content (AvgIpc) is 3.27. The lowest BCUT2D eigenvalue weighted by atomic mass is 10.2. The van der Waals surface area contributed by atoms with Crippen molar-refractivity contribution in [2.75, 3.05) is 34.5 Å². The molecule has 3 atom stereocenters. The van der Waals surface area contributed by atoms with Crippen molar-refractivity contribution in [2.24, 2.45) is 0 Å². The minimum atomic E-state index is -0.875. The van der Waals surface area contributed by atoms with E-state index in [4.69, 9.17) is 28.4 Å². The molecular formula is C23H28N2O11. The Morgan fingerprint density at radius 1 is 1.14 bits per heavy atom. The first-order chi connectivity index (χ1) is 17.2. The quantitative estimate of drug-likeness (QED) is 0.424. The van der Waals surface area contributed by atoms with Gasteiger partial charge in [0.05, 0.1) is 39.9 Å². The van der Waals surface area contributed by atoms with Crippen LogP contribution in [0.5, 0.6) is 17.2 Å². The summed E-state index contributed by atoms with van der Waals surface area (Å²) in [7, 11) is 4.25. The van der Waals surface area contributed by atoms with Crippen molar-refractivity contribution in [2.45, 2.75) is 38.2 Å². The highest BCUT2D eigenvalue weighted by Gasteiger charge is 2.39. The molecule has 0 spiro atoms. The highest BCUT2D eigenvalue weighted by atomic mass is 16.6. The van der Waals surface area contributed by atoms with Crippen LogP contribution in [0.1, 0.15) is 35.0 Å². The molecule has 0 radical (unpaired) electrons. The SMILES string of the molecule is COc1cc(C(=O)OCCC(=O)OC2CC(n3cc(C)c(=O)[nH]c3=O)OC2CO)cc(OC)c1OC. The topological polar surface area (TPSA) is 165 Å². The van der Waals surface area contributed by atoms with Crippen LogP contribution >= 0.6 is 0 Å². The first-order valence-electron chi connectivity index (χ1n) is 11.0. The molecule has 2 aromatic rings. The van der Waals surface area contributed by atoms with Gasteiger partial charge in [-0.25, -0.2) is 9.59 Å². The largest absolute Gasteiger partial charge is 0.493 e. The van der Waals surface area contributed by atoms with E-state index in [1.165, 1.54) is 51.1 Å². The van der Waals surface area contributed by atoms with E-state index in [0.29, 0.717) is 11.3 Å². The average molecular weight is 508 g/mol. The van der Waals surface area contributed by atoms with E-state index in [2.05, 4.69) is 4.98 Å². The van der Waals surface area contributed by atoms with Crippen molar-refractivity contribution in [3.05, 3.63) is 50.3 Å². The number of ether oxygens (including phenoxy) is 6. The van der Waals surface area contributed by atoms with Crippen LogP contribution in [0.25, 0.3) is 0 Å². The summed E-state index contributed by atoms with van der Waals surface area (Å²) >= 11 is 0. The van der Waals surface area contributed by atoms with Gasteiger partial charge >= 0.3 is 17.6 Å². The molecule has 3 unspecified atom stereocenters. The van der Waals surface area contributed by atoms with Crippen LogP contribution in [0.2, 0.25) is 0 Å². The third kappa shape index (κ3) is 5.86. The number of aryl methyl sites for hydroxylation is 1. The van der Waals surface area contributed by atoms with Crippen molar-refractivity contribution in [1.82, 2.24) is 9.55 Å². The summed E-state index contributed by atoms with van der Waals surface area (Å²) in [5.41, 5.74) is -0.769. The summed E-state index contributed by atoms with van der Waals surface area (Å²) < 4.78 is 33.0. The summed E-state index contributed by atoms with van der Waals surface area (Å²) in [6, 6.07) is 2.84. The van der Waals surface area contributed by atoms with Crippen LogP contribution in [0.15, 0.2) is 27.9 Å². The first kappa shape index (κ1) is 26.8. The number of aromatic amines is 1. The predicted molar refractivity (Wildman–Crippen MR) is 123 cm³/mol. The molecule has 1 aliphatic rings. The number of hydrogen-bond acceptors (Lipinski definition) is 11. The van der Waals surface area contributed by atoms with E-state index in [-0.39, 0.29) is 36.5 Å². The molecule has 0 aliphatic carbocycles. The van der Waals surface area contributed by atoms with Gasteiger partial charge in [0.25, 0.3) is 5.56 Å². The van der Waals surface area contributed by atoms with E-state index < -0.39 is 48.2 Å². The van der Waals surface area contributed by atoms with Crippen LogP contribution in [0.4, 0.5) is 0 Å². The zero-order valence-corrected chi connectivity index (χ0v) is 20.3. The number of aliphatic hydroxyl groups is 1. The molecule has 36 heavy (non-hydrogen) atoms. The van der Waals surface area contributed by atoms with Crippen molar-refractivity contribution in [1.29, 1.82) is 0 Å². The van der Waals surface area contributed by atoms with Crippen molar-refractivity contribution >= 4 is 11.9 Å². The van der Waals surface area contributed by atoms with Gasteiger partial charge in [0.15, 0.2) is 11.5 Å². The van der Waals surface area contributed by atoms with E-state index in [9.17, 15) is 24.3 Å². The van der Waals surface area contributed by atoms with Gasteiger partial charge in [-0.05, 0) is 19.1 Å². The number of esters is 2. The van der Waals surface area contributed by atoms with Crippen LogP contribution in [0, 0.1) is 6.92 Å². The number of rotatable bonds is 10. The van der Waals surface area contributed by atoms with E-state index in [0.717, 1.165) is 0 Å². The standard InChI is InChI=1S/C23H28N2O11/c1-12-10-25(23(30)24-21(12)28)18-9-14(17(11-26)35-18)36-19(27)5-6-34-22(29)13-7-15(31-2)20(33-4)16(8-13)32-3/h7-8,10,14,17-18,26H,5-6,9,11H2,1-4H3,(H,24,28,30). The van der Waals surface area contributed by atoms with Crippen molar-refractivity contribution < 1.29 is 43.1 Å². The van der Waals surface area contributed by atoms with Gasteiger partial charge in [-0.3, -0.25) is 19.1 Å². The van der Waals surface area contributed by atoms with E-state index >= 15 is 0 Å². The van der Waals surface area contributed by atoms with Gasteiger partial charge in [0.2, 0.25) is 5.75 Å². The second-order valence-electron chi connectivity index (χ2n) is 7.85. The smallest absolute Gasteiger partial charge is 0.338 e. The Morgan fingerprint density at radius 3 is 2.39 bits per heavy atom. The third-order valence-electron chi connectivity index (χ3n) is 5.54. The molecule has 1 fully saturated rings. The highest BCUT2D eigenvalue weighted by molar-refractivity contribution is 5.91. The normalized spacial score (nSPS) is 19.0. The maximum Gasteiger partial charge on any atom is 0.338 e. The molecule has 3 rings (SSSR count). The molecule has 1 aromatic carbocycles. The predicted octanol–water partition coefficient (Wildman–Crippen LogP) is 0.310. The summed E-state index contributed by atoms with van der Waals surface area (Å²) in [6.07, 6.45) is -1.41. The Balaban J connectivity index is 1.57. The molecule has 1 saturated heterocycles. The fourth-order valence-corrected chi connectivity index (χ4v) is 3.70. The zero-order chi connectivity index (χ0) is 26.4. The van der Waals surface area contributed by atoms with Crippen LogP contribution < -0.4 is 25.5 Å². The number of benzene rings is 1. The lowest BCUT2D eigenvalue weighted by Gasteiger charge is -2.16. The number of H-pyrrole nitrogens is 1. The first-order valence-corrected chi connectivity index (χ1v) is 11.0. The summed E-state index contributed by atoms with van der Waals surface area (Å²) in [4.78, 5) is 50.7. The molecule has 2 N–H and O–H groups in total. The van der Waals surface area contributed by atoms with Crippen molar-refractivity contribution in [3.8, 4) is 17.2 Å². The monoisotopic (exact) mass is 508 g/mol. The Kier molecular flexibility index (Phi) is 8.72. The number of methoxy groups -OCH3 is 3. The maximum absolute atomic E-state index is 12.5. The van der Waals surface area contributed by atoms with Crippen LogP contribution in [-0.4, -0.2) is 73.3 Å². The van der Waals surface area contributed by atoms with Crippen molar-refractivity contribution in [3.63, 3.8) is 0 Å². The zero-order valence-electron chi connectivity index (χ0n) is 20.3. The molecule has 0 saturated carbocycles. The van der Waals surface area contributed by atoms with Gasteiger partial charge in [0.1, 0.15) is 25.0 Å². The van der Waals surface area contributed by atoms with Gasteiger partial charge in [-0.2, -0.15) is 0 Å². The van der Waals surface area contributed by atoms with Gasteiger partial charge < -0.3 is 33.5 Å². The minimum absolute atomic E-state index is 0.0770. The van der Waals surface area contributed by atoms with E-state index in [1.54, 1.807) is 0 Å². The second kappa shape index (κ2) is 11.7. The molecule has 13 nitrogen and oxygen atoms in total. The van der Waals surface area contributed by atoms with Gasteiger partial charge in [-0.1, -0.05) is 0 Å². The number of carbonyl (C=O) groups is 2. The molecule has 13 heteroatoms. The lowest BCUT2D eigenvalue weighted by molar-refractivity contribution is -0.153. The maximum atomic E-state index is 12.5. The number of hydrogen-bond donors (Lipinski definition) is 2. The molecule has 1 aromatic heterocycles. The molecule has 0 bridgehead atoms. The second-order valence-corrected chi connectivity index (χ2v) is 7.85. The third-order valence-corrected chi connectivity index (χ3v) is 5.54. The number of nitrogens with zero attached hydrogens (tertiary/aromatic N) is 1. The van der Waals surface area contributed by atoms with E-state index in [1.807, 2.05) is 0 Å². The lowest BCUT2D eigenvalue weighted by Crippen LogP contribution is -2.33. The Bertz CT molecular complexity index is 1190. The summed E-state index contributed by atoms with van der Waals surface area (Å²) in [5, 5.41) is 9.62. The number of nitrogens with one attached hydrogen (secondary N) is 1. The molecule has 1 aliphatic heterocycles. The Morgan fingerprint density at radius 2 is 1.81 bits per heavy atom. The van der Waals surface area contributed by atoms with Crippen LogP contribution in [0.3, 0.4) is 0 Å². The van der Waals surface area contributed by atoms with Crippen LogP contribution in [-0.2, 0) is 19.0 Å². The molecule has 2 heterocycles. The number of carbonyl (C=O) groups excluding carboxylic acids is 2. The fourth-order valence-electron chi connectivity index (χ4n) is 3.70. The Hall–Kier alpha value is -3.84. The molecule has 0 amide bonds. The Labute approximate surface area is 205 Å². The molecular weight excluding hydrogens is 480 g/mol. The molecule has 196 valence electrons. The summed E-state index contributed by atoms with van der Waals surface area (Å²) in [5.74, 6) is -0.552. The minimum Gasteiger partial charge on any atom is -0.493 e. The summed E-state index contributed by atoms with van der Waals surface area (Å²) in [6.45, 7) is 0.805. The number of aliphatic hydroxyl groups excluding tert-OH is 1. The highest BCUT2D eigenvalue weighted by Crippen LogP contribution is 2.38.